The summed E-state index contributed by atoms with van der Waals surface area (Å²) in [5.41, 5.74) is 3.07. The van der Waals surface area contributed by atoms with Gasteiger partial charge in [-0.1, -0.05) is 36.4 Å². The normalized spacial score (nSPS) is 11.5. The van der Waals surface area contributed by atoms with Crippen molar-refractivity contribution in [3.63, 3.8) is 0 Å². The molecule has 1 aromatic heterocycles. The second-order valence-corrected chi connectivity index (χ2v) is 5.91. The van der Waals surface area contributed by atoms with E-state index in [1.165, 1.54) is 0 Å². The van der Waals surface area contributed by atoms with Crippen LogP contribution in [0.4, 0.5) is 5.69 Å². The number of benzene rings is 2. The lowest BCUT2D eigenvalue weighted by atomic mass is 10.1. The van der Waals surface area contributed by atoms with Gasteiger partial charge in [0.1, 0.15) is 0 Å². The van der Waals surface area contributed by atoms with Gasteiger partial charge < -0.3 is 0 Å². The molecule has 0 atom stereocenters. The summed E-state index contributed by atoms with van der Waals surface area (Å²) in [6.45, 7) is 0. The molecule has 0 aliphatic heterocycles. The number of hydrogen-bond acceptors (Lipinski definition) is 3. The SMILES string of the molecule is NS(=O)(=O)Nc1ccc(-c2ccc3ccccc3n2)cc1. The molecule has 0 amide bonds. The summed E-state index contributed by atoms with van der Waals surface area (Å²) in [5, 5.41) is 6.01. The molecule has 0 saturated carbocycles. The smallest absolute Gasteiger partial charge is 0.271 e. The Labute approximate surface area is 122 Å². The highest BCUT2D eigenvalue weighted by Crippen LogP contribution is 2.22. The Morgan fingerprint density at radius 3 is 2.33 bits per heavy atom. The summed E-state index contributed by atoms with van der Waals surface area (Å²) in [5.74, 6) is 0. The average Bonchev–Trinajstić information content (AvgIpc) is 2.46. The lowest BCUT2D eigenvalue weighted by Gasteiger charge is -2.06. The van der Waals surface area contributed by atoms with Crippen LogP contribution in [0, 0.1) is 0 Å². The van der Waals surface area contributed by atoms with Crippen LogP contribution in [0.2, 0.25) is 0 Å². The highest BCUT2D eigenvalue weighted by molar-refractivity contribution is 7.90. The van der Waals surface area contributed by atoms with Crippen LogP contribution in [-0.4, -0.2) is 13.4 Å². The molecule has 1 heterocycles. The van der Waals surface area contributed by atoms with Gasteiger partial charge in [0.05, 0.1) is 11.2 Å². The van der Waals surface area contributed by atoms with Crippen molar-refractivity contribution in [2.24, 2.45) is 5.14 Å². The first-order valence-electron chi connectivity index (χ1n) is 6.28. The average molecular weight is 299 g/mol. The minimum Gasteiger partial charge on any atom is -0.271 e. The van der Waals surface area contributed by atoms with Crippen molar-refractivity contribution < 1.29 is 8.42 Å². The van der Waals surface area contributed by atoms with Crippen LogP contribution < -0.4 is 9.86 Å². The maximum Gasteiger partial charge on any atom is 0.296 e. The number of pyridine rings is 1. The lowest BCUT2D eigenvalue weighted by molar-refractivity contribution is 0.603. The van der Waals surface area contributed by atoms with E-state index in [0.717, 1.165) is 22.2 Å². The van der Waals surface area contributed by atoms with E-state index >= 15 is 0 Å². The first-order chi connectivity index (χ1) is 10.0. The number of nitrogens with zero attached hydrogens (tertiary/aromatic N) is 1. The lowest BCUT2D eigenvalue weighted by Crippen LogP contribution is -2.21. The number of aromatic nitrogens is 1. The van der Waals surface area contributed by atoms with Crippen LogP contribution in [0.5, 0.6) is 0 Å². The van der Waals surface area contributed by atoms with Crippen LogP contribution in [0.3, 0.4) is 0 Å². The Balaban J connectivity index is 1.95. The van der Waals surface area contributed by atoms with Gasteiger partial charge in [0.2, 0.25) is 0 Å². The Bertz CT molecular complexity index is 890. The fourth-order valence-electron chi connectivity index (χ4n) is 2.10. The third-order valence-electron chi connectivity index (χ3n) is 3.04. The second-order valence-electron chi connectivity index (χ2n) is 4.61. The molecule has 21 heavy (non-hydrogen) atoms. The number of fused-ring (bicyclic) bond motifs is 1. The molecule has 5 nitrogen and oxygen atoms in total. The van der Waals surface area contributed by atoms with Gasteiger partial charge in [0, 0.05) is 16.6 Å². The Hall–Kier alpha value is -2.44. The summed E-state index contributed by atoms with van der Waals surface area (Å²) in [6, 6.07) is 18.7. The first-order valence-corrected chi connectivity index (χ1v) is 7.83. The van der Waals surface area contributed by atoms with E-state index in [9.17, 15) is 8.42 Å². The summed E-state index contributed by atoms with van der Waals surface area (Å²) >= 11 is 0. The van der Waals surface area contributed by atoms with Gasteiger partial charge in [-0.2, -0.15) is 8.42 Å². The zero-order valence-electron chi connectivity index (χ0n) is 11.0. The predicted octanol–water partition coefficient (Wildman–Crippen LogP) is 2.52. The number of nitrogens with one attached hydrogen (secondary N) is 1. The van der Waals surface area contributed by atoms with E-state index in [1.54, 1.807) is 24.3 Å². The first kappa shape index (κ1) is 13.5. The van der Waals surface area contributed by atoms with Gasteiger partial charge >= 0.3 is 0 Å². The molecule has 0 saturated heterocycles. The fraction of sp³-hybridized carbons (Fsp3) is 0. The molecule has 0 bridgehead atoms. The van der Waals surface area contributed by atoms with Crippen LogP contribution in [0.15, 0.2) is 60.7 Å². The molecule has 106 valence electrons. The van der Waals surface area contributed by atoms with Crippen molar-refractivity contribution in [3.8, 4) is 11.3 Å². The van der Waals surface area contributed by atoms with Crippen molar-refractivity contribution in [1.29, 1.82) is 0 Å². The zero-order valence-corrected chi connectivity index (χ0v) is 11.8. The highest BCUT2D eigenvalue weighted by Gasteiger charge is 2.04. The maximum atomic E-state index is 11.0. The second kappa shape index (κ2) is 5.16. The maximum absolute atomic E-state index is 11.0. The van der Waals surface area contributed by atoms with Crippen LogP contribution >= 0.6 is 0 Å². The summed E-state index contributed by atoms with van der Waals surface area (Å²) in [6.07, 6.45) is 0. The molecule has 3 N–H and O–H groups in total. The Morgan fingerprint density at radius 1 is 0.905 bits per heavy atom. The summed E-state index contributed by atoms with van der Waals surface area (Å²) < 4.78 is 24.1. The molecule has 0 unspecified atom stereocenters. The van der Waals surface area contributed by atoms with Crippen LogP contribution in [-0.2, 0) is 10.2 Å². The fourth-order valence-corrected chi connectivity index (χ4v) is 2.56. The molecule has 2 aromatic carbocycles. The van der Waals surface area contributed by atoms with Crippen molar-refractivity contribution in [2.75, 3.05) is 4.72 Å². The molecule has 0 aliphatic carbocycles. The molecule has 0 spiro atoms. The number of rotatable bonds is 3. The van der Waals surface area contributed by atoms with E-state index in [1.807, 2.05) is 36.4 Å². The van der Waals surface area contributed by atoms with E-state index < -0.39 is 10.2 Å². The molecule has 3 aromatic rings. The number of para-hydroxylation sites is 1. The van der Waals surface area contributed by atoms with Crippen molar-refractivity contribution in [3.05, 3.63) is 60.7 Å². The zero-order chi connectivity index (χ0) is 14.9. The van der Waals surface area contributed by atoms with Gasteiger partial charge in [0.15, 0.2) is 0 Å². The predicted molar refractivity (Wildman–Crippen MR) is 83.9 cm³/mol. The monoisotopic (exact) mass is 299 g/mol. The summed E-state index contributed by atoms with van der Waals surface area (Å²) in [4.78, 5) is 4.59. The molecular weight excluding hydrogens is 286 g/mol. The van der Waals surface area contributed by atoms with Crippen molar-refractivity contribution >= 4 is 26.8 Å². The third kappa shape index (κ3) is 3.18. The van der Waals surface area contributed by atoms with E-state index in [2.05, 4.69) is 9.71 Å². The van der Waals surface area contributed by atoms with Crippen molar-refractivity contribution in [1.82, 2.24) is 4.98 Å². The molecule has 6 heteroatoms. The summed E-state index contributed by atoms with van der Waals surface area (Å²) in [7, 11) is -3.75. The molecular formula is C15H13N3O2S. The van der Waals surface area contributed by atoms with Crippen molar-refractivity contribution in [2.45, 2.75) is 0 Å². The standard InChI is InChI=1S/C15H13N3O2S/c16-21(19,20)18-13-8-5-12(6-9-13)15-10-7-11-3-1-2-4-14(11)17-15/h1-10,18H,(H2,16,19,20). The van der Waals surface area contributed by atoms with Gasteiger partial charge in [-0.15, -0.1) is 0 Å². The minimum atomic E-state index is -3.75. The van der Waals surface area contributed by atoms with Crippen LogP contribution in [0.25, 0.3) is 22.2 Å². The molecule has 0 fully saturated rings. The quantitative estimate of drug-likeness (QED) is 0.779. The Kier molecular flexibility index (Phi) is 3.32. The van der Waals surface area contributed by atoms with E-state index in [-0.39, 0.29) is 0 Å². The minimum absolute atomic E-state index is 0.419. The third-order valence-corrected chi connectivity index (χ3v) is 3.56. The van der Waals surface area contributed by atoms with E-state index in [0.29, 0.717) is 5.69 Å². The van der Waals surface area contributed by atoms with Crippen LogP contribution in [0.1, 0.15) is 0 Å². The molecule has 0 radical (unpaired) electrons. The number of hydrogen-bond donors (Lipinski definition) is 2. The topological polar surface area (TPSA) is 85.1 Å². The largest absolute Gasteiger partial charge is 0.296 e. The van der Waals surface area contributed by atoms with E-state index in [4.69, 9.17) is 5.14 Å². The van der Waals surface area contributed by atoms with Gasteiger partial charge in [-0.25, -0.2) is 10.1 Å². The molecule has 3 rings (SSSR count). The van der Waals surface area contributed by atoms with Gasteiger partial charge in [-0.05, 0) is 24.3 Å². The number of nitrogens with two attached hydrogens (primary N) is 1. The molecule has 0 aliphatic rings. The number of anilines is 1. The Morgan fingerprint density at radius 2 is 1.62 bits per heavy atom. The van der Waals surface area contributed by atoms with Gasteiger partial charge in [-0.3, -0.25) is 4.72 Å². The van der Waals surface area contributed by atoms with Gasteiger partial charge in [0.25, 0.3) is 10.2 Å². The highest BCUT2D eigenvalue weighted by atomic mass is 32.2.